The monoisotopic (exact) mass is 376 g/mol. The van der Waals surface area contributed by atoms with Crippen molar-refractivity contribution in [2.75, 3.05) is 27.2 Å². The zero-order valence-electron chi connectivity index (χ0n) is 16.2. The third-order valence-electron chi connectivity index (χ3n) is 4.49. The molecule has 0 saturated carbocycles. The highest BCUT2D eigenvalue weighted by Crippen LogP contribution is 2.20. The predicted molar refractivity (Wildman–Crippen MR) is 109 cm³/mol. The van der Waals surface area contributed by atoms with Gasteiger partial charge in [0.05, 0.1) is 6.04 Å². The minimum atomic E-state index is -0.111. The molecule has 0 spiro atoms. The van der Waals surface area contributed by atoms with Gasteiger partial charge in [-0.15, -0.1) is 12.4 Å². The molecule has 0 radical (unpaired) electrons. The van der Waals surface area contributed by atoms with Gasteiger partial charge in [0, 0.05) is 6.54 Å². The minimum Gasteiger partial charge on any atom is -0.483 e. The molecule has 2 aromatic rings. The van der Waals surface area contributed by atoms with Gasteiger partial charge in [0.25, 0.3) is 5.91 Å². The van der Waals surface area contributed by atoms with E-state index in [-0.39, 0.29) is 31.0 Å². The van der Waals surface area contributed by atoms with Crippen molar-refractivity contribution in [3.63, 3.8) is 0 Å². The van der Waals surface area contributed by atoms with E-state index in [2.05, 4.69) is 41.4 Å². The lowest BCUT2D eigenvalue weighted by molar-refractivity contribution is -0.123. The molecular formula is C21H29ClN2O2. The molecule has 2 aromatic carbocycles. The van der Waals surface area contributed by atoms with Gasteiger partial charge in [0.2, 0.25) is 0 Å². The van der Waals surface area contributed by atoms with Crippen LogP contribution in [0.2, 0.25) is 0 Å². The van der Waals surface area contributed by atoms with Gasteiger partial charge in [-0.3, -0.25) is 4.79 Å². The second-order valence-electron chi connectivity index (χ2n) is 6.68. The number of nitrogens with one attached hydrogen (secondary N) is 1. The van der Waals surface area contributed by atoms with Crippen LogP contribution in [0.1, 0.15) is 28.3 Å². The first-order valence-corrected chi connectivity index (χ1v) is 8.57. The molecule has 1 unspecified atom stereocenters. The summed E-state index contributed by atoms with van der Waals surface area (Å²) in [6.07, 6.45) is 0. The fourth-order valence-electron chi connectivity index (χ4n) is 2.67. The Bertz CT molecular complexity index is 714. The molecule has 0 heterocycles. The summed E-state index contributed by atoms with van der Waals surface area (Å²) in [6, 6.07) is 14.4. The molecule has 1 amide bonds. The Kier molecular flexibility index (Phi) is 8.62. The molecule has 0 aliphatic carbocycles. The van der Waals surface area contributed by atoms with Crippen molar-refractivity contribution in [2.45, 2.75) is 26.8 Å². The number of aryl methyl sites for hydroxylation is 2. The van der Waals surface area contributed by atoms with Crippen molar-refractivity contribution in [1.82, 2.24) is 10.2 Å². The van der Waals surface area contributed by atoms with E-state index in [0.717, 1.165) is 16.9 Å². The highest BCUT2D eigenvalue weighted by Gasteiger charge is 2.15. The first-order valence-electron chi connectivity index (χ1n) is 8.57. The number of amides is 1. The van der Waals surface area contributed by atoms with Crippen LogP contribution in [0, 0.1) is 20.8 Å². The molecule has 0 aliphatic rings. The third kappa shape index (κ3) is 6.04. The number of hydrogen-bond donors (Lipinski definition) is 1. The van der Waals surface area contributed by atoms with Gasteiger partial charge >= 0.3 is 0 Å². The summed E-state index contributed by atoms with van der Waals surface area (Å²) < 4.78 is 5.67. The number of hydrogen-bond acceptors (Lipinski definition) is 3. The van der Waals surface area contributed by atoms with Gasteiger partial charge in [0.15, 0.2) is 6.61 Å². The number of nitrogens with zero attached hydrogens (tertiary/aromatic N) is 1. The van der Waals surface area contributed by atoms with Gasteiger partial charge in [0.1, 0.15) is 5.75 Å². The molecule has 2 rings (SSSR count). The van der Waals surface area contributed by atoms with Crippen LogP contribution in [0.4, 0.5) is 0 Å². The summed E-state index contributed by atoms with van der Waals surface area (Å²) in [5.41, 5.74) is 4.64. The second kappa shape index (κ2) is 10.2. The summed E-state index contributed by atoms with van der Waals surface area (Å²) in [5.74, 6) is 0.651. The zero-order valence-corrected chi connectivity index (χ0v) is 17.0. The Balaban J connectivity index is 0.00000338. The van der Waals surface area contributed by atoms with Crippen molar-refractivity contribution < 1.29 is 9.53 Å². The average molecular weight is 377 g/mol. The standard InChI is InChI=1S/C21H28N2O2.ClH/c1-15-9-11-18(12-10-15)19(23(4)5)13-22-21(24)14-25-20-8-6-7-16(2)17(20)3;/h6-12,19H,13-14H2,1-5H3,(H,22,24);1H. The normalized spacial score (nSPS) is 11.6. The maximum atomic E-state index is 12.2. The maximum absolute atomic E-state index is 12.2. The van der Waals surface area contributed by atoms with Crippen LogP contribution >= 0.6 is 12.4 Å². The smallest absolute Gasteiger partial charge is 0.258 e. The molecule has 1 N–H and O–H groups in total. The van der Waals surface area contributed by atoms with Crippen LogP contribution in [0.25, 0.3) is 0 Å². The summed E-state index contributed by atoms with van der Waals surface area (Å²) in [5, 5.41) is 2.98. The van der Waals surface area contributed by atoms with Crippen LogP contribution in [0.15, 0.2) is 42.5 Å². The van der Waals surface area contributed by atoms with Crippen molar-refractivity contribution in [1.29, 1.82) is 0 Å². The fourth-order valence-corrected chi connectivity index (χ4v) is 2.67. The van der Waals surface area contributed by atoms with Crippen LogP contribution in [0.5, 0.6) is 5.75 Å². The lowest BCUT2D eigenvalue weighted by Crippen LogP contribution is -2.36. The van der Waals surface area contributed by atoms with Crippen LogP contribution in [-0.4, -0.2) is 38.1 Å². The highest BCUT2D eigenvalue weighted by atomic mass is 35.5. The van der Waals surface area contributed by atoms with Gasteiger partial charge in [-0.25, -0.2) is 0 Å². The van der Waals surface area contributed by atoms with Crippen LogP contribution < -0.4 is 10.1 Å². The first kappa shape index (κ1) is 22.0. The Morgan fingerprint density at radius 1 is 1.08 bits per heavy atom. The molecule has 26 heavy (non-hydrogen) atoms. The van der Waals surface area contributed by atoms with E-state index in [1.165, 1.54) is 11.1 Å². The van der Waals surface area contributed by atoms with Crippen molar-refractivity contribution in [3.05, 3.63) is 64.7 Å². The Morgan fingerprint density at radius 2 is 1.73 bits per heavy atom. The molecule has 0 aromatic heterocycles. The van der Waals surface area contributed by atoms with E-state index in [1.54, 1.807) is 0 Å². The number of carbonyl (C=O) groups is 1. The highest BCUT2D eigenvalue weighted by molar-refractivity contribution is 5.85. The Labute approximate surface area is 163 Å². The lowest BCUT2D eigenvalue weighted by atomic mass is 10.0. The van der Waals surface area contributed by atoms with Gasteiger partial charge in [-0.05, 0) is 57.6 Å². The topological polar surface area (TPSA) is 41.6 Å². The predicted octanol–water partition coefficient (Wildman–Crippen LogP) is 3.83. The van der Waals surface area contributed by atoms with Gasteiger partial charge < -0.3 is 15.0 Å². The number of rotatable bonds is 7. The van der Waals surface area contributed by atoms with E-state index in [9.17, 15) is 4.79 Å². The number of carbonyl (C=O) groups excluding carboxylic acids is 1. The number of halogens is 1. The maximum Gasteiger partial charge on any atom is 0.258 e. The van der Waals surface area contributed by atoms with Crippen molar-refractivity contribution >= 4 is 18.3 Å². The molecule has 1 atom stereocenters. The Morgan fingerprint density at radius 3 is 2.35 bits per heavy atom. The van der Waals surface area contributed by atoms with Gasteiger partial charge in [-0.2, -0.15) is 0 Å². The minimum absolute atomic E-state index is 0. The molecule has 4 nitrogen and oxygen atoms in total. The van der Waals surface area contributed by atoms with Crippen LogP contribution in [0.3, 0.4) is 0 Å². The largest absolute Gasteiger partial charge is 0.483 e. The second-order valence-corrected chi connectivity index (χ2v) is 6.68. The lowest BCUT2D eigenvalue weighted by Gasteiger charge is -2.25. The number of likely N-dealkylation sites (N-methyl/N-ethyl adjacent to an activating group) is 1. The molecule has 0 fully saturated rings. The summed E-state index contributed by atoms with van der Waals surface area (Å²) >= 11 is 0. The molecule has 142 valence electrons. The van der Waals surface area contributed by atoms with Crippen molar-refractivity contribution in [3.8, 4) is 5.75 Å². The van der Waals surface area contributed by atoms with E-state index < -0.39 is 0 Å². The molecule has 0 bridgehead atoms. The third-order valence-corrected chi connectivity index (χ3v) is 4.49. The fraction of sp³-hybridized carbons (Fsp3) is 0.381. The summed E-state index contributed by atoms with van der Waals surface area (Å²) in [4.78, 5) is 14.3. The average Bonchev–Trinajstić information content (AvgIpc) is 2.57. The molecular weight excluding hydrogens is 348 g/mol. The molecule has 5 heteroatoms. The zero-order chi connectivity index (χ0) is 18.4. The summed E-state index contributed by atoms with van der Waals surface area (Å²) in [6.45, 7) is 6.68. The van der Waals surface area contributed by atoms with E-state index in [1.807, 2.05) is 46.1 Å². The van der Waals surface area contributed by atoms with Crippen LogP contribution in [-0.2, 0) is 4.79 Å². The van der Waals surface area contributed by atoms with E-state index in [0.29, 0.717) is 6.54 Å². The first-order chi connectivity index (χ1) is 11.9. The van der Waals surface area contributed by atoms with Gasteiger partial charge in [-0.1, -0.05) is 42.0 Å². The molecule has 0 saturated heterocycles. The molecule has 0 aliphatic heterocycles. The summed E-state index contributed by atoms with van der Waals surface area (Å²) in [7, 11) is 4.03. The number of ether oxygens (including phenoxy) is 1. The Hall–Kier alpha value is -2.04. The SMILES string of the molecule is Cc1ccc(C(CNC(=O)COc2cccc(C)c2C)N(C)C)cc1.Cl. The number of benzene rings is 2. The van der Waals surface area contributed by atoms with Crippen molar-refractivity contribution in [2.24, 2.45) is 0 Å². The van der Waals surface area contributed by atoms with E-state index in [4.69, 9.17) is 4.74 Å². The van der Waals surface area contributed by atoms with E-state index >= 15 is 0 Å². The quantitative estimate of drug-likeness (QED) is 0.798.